The summed E-state index contributed by atoms with van der Waals surface area (Å²) >= 11 is 3.31. The van der Waals surface area contributed by atoms with E-state index in [-0.39, 0.29) is 11.5 Å². The summed E-state index contributed by atoms with van der Waals surface area (Å²) in [4.78, 5) is 0.0763. The molecule has 0 aliphatic heterocycles. The second kappa shape index (κ2) is 6.70. The lowest BCUT2D eigenvalue weighted by Crippen LogP contribution is -2.13. The second-order valence-electron chi connectivity index (χ2n) is 4.59. The summed E-state index contributed by atoms with van der Waals surface area (Å²) in [6.07, 6.45) is -1.03. The molecule has 2 rings (SSSR count). The molecule has 1 atom stereocenters. The molecule has 2 aromatic carbocycles. The average molecular weight is 371 g/mol. The van der Waals surface area contributed by atoms with Crippen LogP contribution in [-0.4, -0.2) is 20.1 Å². The third-order valence-electron chi connectivity index (χ3n) is 2.95. The van der Waals surface area contributed by atoms with Gasteiger partial charge in [0.25, 0.3) is 10.1 Å². The zero-order chi connectivity index (χ0) is 15.5. The summed E-state index contributed by atoms with van der Waals surface area (Å²) in [6, 6.07) is 13.4. The highest BCUT2D eigenvalue weighted by Crippen LogP contribution is 2.24. The van der Waals surface area contributed by atoms with Crippen molar-refractivity contribution in [3.05, 3.63) is 64.1 Å². The van der Waals surface area contributed by atoms with Crippen LogP contribution in [0.4, 0.5) is 0 Å². The van der Waals surface area contributed by atoms with Crippen LogP contribution in [0.25, 0.3) is 0 Å². The maximum atomic E-state index is 12.0. The Morgan fingerprint density at radius 2 is 1.76 bits per heavy atom. The number of hydrogen-bond donors (Lipinski definition) is 1. The predicted molar refractivity (Wildman–Crippen MR) is 83.4 cm³/mol. The van der Waals surface area contributed by atoms with Gasteiger partial charge in [-0.05, 0) is 30.7 Å². The first-order valence-electron chi connectivity index (χ1n) is 6.29. The van der Waals surface area contributed by atoms with Gasteiger partial charge in [-0.2, -0.15) is 8.42 Å². The van der Waals surface area contributed by atoms with Crippen LogP contribution in [-0.2, 0) is 14.3 Å². The molecule has 4 nitrogen and oxygen atoms in total. The Hall–Kier alpha value is -1.21. The van der Waals surface area contributed by atoms with Crippen molar-refractivity contribution in [2.24, 2.45) is 0 Å². The maximum Gasteiger partial charge on any atom is 0.297 e. The first-order valence-corrected chi connectivity index (χ1v) is 8.49. The summed E-state index contributed by atoms with van der Waals surface area (Å²) in [6.45, 7) is 1.53. The Morgan fingerprint density at radius 1 is 1.14 bits per heavy atom. The van der Waals surface area contributed by atoms with Gasteiger partial charge in [0.15, 0.2) is 0 Å². The standard InChI is InChI=1S/C15H15BrO4S/c1-11-6-8-12(9-7-11)21(18,19)20-10-15(17)13-4-2-3-5-14(13)16/h2-9,15,17H,10H2,1H3/t15-/m0/s1. The fourth-order valence-electron chi connectivity index (χ4n) is 1.76. The molecule has 0 saturated heterocycles. The lowest BCUT2D eigenvalue weighted by molar-refractivity contribution is 0.111. The van der Waals surface area contributed by atoms with E-state index in [4.69, 9.17) is 4.18 Å². The molecule has 0 fully saturated rings. The van der Waals surface area contributed by atoms with Crippen molar-refractivity contribution in [1.82, 2.24) is 0 Å². The Morgan fingerprint density at radius 3 is 2.38 bits per heavy atom. The third-order valence-corrected chi connectivity index (χ3v) is 4.97. The Kier molecular flexibility index (Phi) is 5.16. The number of aryl methyl sites for hydroxylation is 1. The lowest BCUT2D eigenvalue weighted by Gasteiger charge is -2.13. The SMILES string of the molecule is Cc1ccc(S(=O)(=O)OC[C@H](O)c2ccccc2Br)cc1. The summed E-state index contributed by atoms with van der Waals surface area (Å²) in [7, 11) is -3.87. The molecule has 2 aromatic rings. The number of hydrogen-bond acceptors (Lipinski definition) is 4. The van der Waals surface area contributed by atoms with E-state index in [2.05, 4.69) is 15.9 Å². The Bertz CT molecular complexity index is 711. The molecule has 0 spiro atoms. The van der Waals surface area contributed by atoms with Gasteiger partial charge in [0.2, 0.25) is 0 Å². The van der Waals surface area contributed by atoms with Gasteiger partial charge in [0, 0.05) is 4.47 Å². The largest absolute Gasteiger partial charge is 0.386 e. The molecule has 0 aromatic heterocycles. The topological polar surface area (TPSA) is 63.6 Å². The highest BCUT2D eigenvalue weighted by Gasteiger charge is 2.19. The molecule has 0 aliphatic rings. The van der Waals surface area contributed by atoms with Crippen LogP contribution < -0.4 is 0 Å². The van der Waals surface area contributed by atoms with E-state index in [9.17, 15) is 13.5 Å². The van der Waals surface area contributed by atoms with Crippen molar-refractivity contribution in [2.75, 3.05) is 6.61 Å². The van der Waals surface area contributed by atoms with Gasteiger partial charge in [-0.1, -0.05) is 51.8 Å². The molecule has 0 heterocycles. The number of rotatable bonds is 5. The Labute approximate surface area is 132 Å². The normalized spacial score (nSPS) is 13.1. The van der Waals surface area contributed by atoms with E-state index in [1.165, 1.54) is 12.1 Å². The molecule has 1 N–H and O–H groups in total. The number of aliphatic hydroxyl groups excluding tert-OH is 1. The van der Waals surface area contributed by atoms with Crippen molar-refractivity contribution in [3.63, 3.8) is 0 Å². The average Bonchev–Trinajstić information content (AvgIpc) is 2.46. The molecule has 0 aliphatic carbocycles. The molecule has 0 radical (unpaired) electrons. The van der Waals surface area contributed by atoms with Crippen LogP contribution in [0.1, 0.15) is 17.2 Å². The molecule has 0 unspecified atom stereocenters. The van der Waals surface area contributed by atoms with Crippen molar-refractivity contribution in [2.45, 2.75) is 17.9 Å². The van der Waals surface area contributed by atoms with E-state index >= 15 is 0 Å². The Balaban J connectivity index is 2.08. The molecular formula is C15H15BrO4S. The summed E-state index contributed by atoms with van der Waals surface area (Å²) in [5, 5.41) is 10.0. The number of halogens is 1. The highest BCUT2D eigenvalue weighted by atomic mass is 79.9. The number of benzene rings is 2. The maximum absolute atomic E-state index is 12.0. The summed E-state index contributed by atoms with van der Waals surface area (Å²) in [5.41, 5.74) is 1.54. The van der Waals surface area contributed by atoms with Crippen molar-refractivity contribution in [1.29, 1.82) is 0 Å². The highest BCUT2D eigenvalue weighted by molar-refractivity contribution is 9.10. The van der Waals surface area contributed by atoms with Gasteiger partial charge < -0.3 is 5.11 Å². The van der Waals surface area contributed by atoms with Gasteiger partial charge in [-0.25, -0.2) is 0 Å². The molecule has 21 heavy (non-hydrogen) atoms. The first-order chi connectivity index (χ1) is 9.90. The minimum Gasteiger partial charge on any atom is -0.386 e. The summed E-state index contributed by atoms with van der Waals surface area (Å²) < 4.78 is 29.7. The van der Waals surface area contributed by atoms with Crippen LogP contribution in [0.2, 0.25) is 0 Å². The van der Waals surface area contributed by atoms with Crippen LogP contribution in [0.3, 0.4) is 0 Å². The fraction of sp³-hybridized carbons (Fsp3) is 0.200. The van der Waals surface area contributed by atoms with Crippen LogP contribution in [0.5, 0.6) is 0 Å². The van der Waals surface area contributed by atoms with E-state index in [1.54, 1.807) is 30.3 Å². The molecular weight excluding hydrogens is 356 g/mol. The predicted octanol–water partition coefficient (Wildman–Crippen LogP) is 3.20. The quantitative estimate of drug-likeness (QED) is 0.820. The van der Waals surface area contributed by atoms with E-state index < -0.39 is 16.2 Å². The second-order valence-corrected chi connectivity index (χ2v) is 7.06. The number of aliphatic hydroxyl groups is 1. The van der Waals surface area contributed by atoms with E-state index in [1.807, 2.05) is 13.0 Å². The van der Waals surface area contributed by atoms with Gasteiger partial charge in [-0.3, -0.25) is 4.18 Å². The molecule has 0 saturated carbocycles. The zero-order valence-electron chi connectivity index (χ0n) is 11.4. The van der Waals surface area contributed by atoms with Crippen LogP contribution in [0, 0.1) is 6.92 Å². The molecule has 0 amide bonds. The van der Waals surface area contributed by atoms with Crippen LogP contribution >= 0.6 is 15.9 Å². The zero-order valence-corrected chi connectivity index (χ0v) is 13.8. The van der Waals surface area contributed by atoms with Gasteiger partial charge in [0.05, 0.1) is 11.5 Å². The van der Waals surface area contributed by atoms with Crippen molar-refractivity contribution < 1.29 is 17.7 Å². The minimum atomic E-state index is -3.87. The fourth-order valence-corrected chi connectivity index (χ4v) is 3.22. The van der Waals surface area contributed by atoms with Crippen LogP contribution in [0.15, 0.2) is 57.9 Å². The van der Waals surface area contributed by atoms with E-state index in [0.717, 1.165) is 5.56 Å². The van der Waals surface area contributed by atoms with Gasteiger partial charge >= 0.3 is 0 Å². The summed E-state index contributed by atoms with van der Waals surface area (Å²) in [5.74, 6) is 0. The first kappa shape index (κ1) is 16.2. The third kappa shape index (κ3) is 4.14. The smallest absolute Gasteiger partial charge is 0.297 e. The van der Waals surface area contributed by atoms with Crippen molar-refractivity contribution in [3.8, 4) is 0 Å². The van der Waals surface area contributed by atoms with Gasteiger partial charge in [-0.15, -0.1) is 0 Å². The molecule has 112 valence electrons. The lowest BCUT2D eigenvalue weighted by atomic mass is 10.1. The van der Waals surface area contributed by atoms with E-state index in [0.29, 0.717) is 10.0 Å². The monoisotopic (exact) mass is 370 g/mol. The van der Waals surface area contributed by atoms with Gasteiger partial charge in [0.1, 0.15) is 6.10 Å². The molecule has 0 bridgehead atoms. The van der Waals surface area contributed by atoms with Crippen molar-refractivity contribution >= 4 is 26.0 Å². The minimum absolute atomic E-state index is 0.0763. The molecule has 6 heteroatoms.